The Balaban J connectivity index is 2.24. The quantitative estimate of drug-likeness (QED) is 0.774. The van der Waals surface area contributed by atoms with Gasteiger partial charge in [0.2, 0.25) is 0 Å². The lowest BCUT2D eigenvalue weighted by Gasteiger charge is -2.29. The van der Waals surface area contributed by atoms with Gasteiger partial charge in [-0.2, -0.15) is 0 Å². The molecule has 1 aliphatic heterocycles. The number of rotatable bonds is 1. The first-order valence-electron chi connectivity index (χ1n) is 5.35. The van der Waals surface area contributed by atoms with E-state index in [4.69, 9.17) is 11.6 Å². The molecule has 3 heteroatoms. The molecular weight excluding hydrogens is 213 g/mol. The summed E-state index contributed by atoms with van der Waals surface area (Å²) in [6, 6.07) is 4.78. The highest BCUT2D eigenvalue weighted by molar-refractivity contribution is 6.31. The SMILES string of the molecule is CC1CCNC(c2cc(F)ccc2Cl)C1. The molecule has 0 amide bonds. The fourth-order valence-corrected chi connectivity index (χ4v) is 2.38. The van der Waals surface area contributed by atoms with Crippen LogP contribution >= 0.6 is 11.6 Å². The maximum atomic E-state index is 13.1. The lowest BCUT2D eigenvalue weighted by molar-refractivity contribution is 0.325. The van der Waals surface area contributed by atoms with Gasteiger partial charge in [-0.05, 0) is 49.1 Å². The standard InChI is InChI=1S/C12H15ClFN/c1-8-4-5-15-12(6-8)10-7-9(14)2-3-11(10)13/h2-3,7-8,12,15H,4-6H2,1H3. The van der Waals surface area contributed by atoms with Gasteiger partial charge in [-0.25, -0.2) is 4.39 Å². The van der Waals surface area contributed by atoms with Gasteiger partial charge in [0, 0.05) is 11.1 Å². The first-order valence-corrected chi connectivity index (χ1v) is 5.73. The topological polar surface area (TPSA) is 12.0 Å². The molecule has 2 unspecified atom stereocenters. The van der Waals surface area contributed by atoms with E-state index in [2.05, 4.69) is 12.2 Å². The van der Waals surface area contributed by atoms with Gasteiger partial charge >= 0.3 is 0 Å². The summed E-state index contributed by atoms with van der Waals surface area (Å²) in [5.74, 6) is 0.463. The summed E-state index contributed by atoms with van der Waals surface area (Å²) >= 11 is 6.07. The Hall–Kier alpha value is -0.600. The van der Waals surface area contributed by atoms with Gasteiger partial charge in [0.1, 0.15) is 5.82 Å². The summed E-state index contributed by atoms with van der Waals surface area (Å²) < 4.78 is 13.1. The first-order chi connectivity index (χ1) is 7.16. The normalized spacial score (nSPS) is 26.6. The molecule has 1 nitrogen and oxygen atoms in total. The third-order valence-electron chi connectivity index (χ3n) is 3.00. The molecule has 0 aromatic heterocycles. The van der Waals surface area contributed by atoms with E-state index in [0.717, 1.165) is 18.5 Å². The third-order valence-corrected chi connectivity index (χ3v) is 3.34. The zero-order valence-electron chi connectivity index (χ0n) is 8.76. The van der Waals surface area contributed by atoms with Crippen molar-refractivity contribution in [3.05, 3.63) is 34.6 Å². The second kappa shape index (κ2) is 4.50. The van der Waals surface area contributed by atoms with Crippen molar-refractivity contribution in [2.24, 2.45) is 5.92 Å². The van der Waals surface area contributed by atoms with Crippen LogP contribution in [-0.4, -0.2) is 6.54 Å². The molecule has 1 saturated heterocycles. The van der Waals surface area contributed by atoms with Crippen molar-refractivity contribution in [3.63, 3.8) is 0 Å². The van der Waals surface area contributed by atoms with Crippen molar-refractivity contribution in [2.45, 2.75) is 25.8 Å². The van der Waals surface area contributed by atoms with Crippen LogP contribution in [0.4, 0.5) is 4.39 Å². The van der Waals surface area contributed by atoms with Crippen LogP contribution in [0.1, 0.15) is 31.4 Å². The molecule has 2 rings (SSSR count). The summed E-state index contributed by atoms with van der Waals surface area (Å²) in [4.78, 5) is 0. The number of hydrogen-bond acceptors (Lipinski definition) is 1. The van der Waals surface area contributed by atoms with Crippen LogP contribution in [-0.2, 0) is 0 Å². The van der Waals surface area contributed by atoms with E-state index in [1.54, 1.807) is 6.07 Å². The number of benzene rings is 1. The van der Waals surface area contributed by atoms with Crippen LogP contribution in [0, 0.1) is 11.7 Å². The lowest BCUT2D eigenvalue weighted by Crippen LogP contribution is -2.30. The molecule has 1 aliphatic rings. The summed E-state index contributed by atoms with van der Waals surface area (Å²) in [6.07, 6.45) is 2.21. The molecule has 1 heterocycles. The van der Waals surface area contributed by atoms with Crippen molar-refractivity contribution in [1.29, 1.82) is 0 Å². The van der Waals surface area contributed by atoms with Crippen LogP contribution in [0.3, 0.4) is 0 Å². The Bertz CT molecular complexity index is 353. The molecule has 1 N–H and O–H groups in total. The van der Waals surface area contributed by atoms with Crippen molar-refractivity contribution in [3.8, 4) is 0 Å². The number of halogens is 2. The van der Waals surface area contributed by atoms with Gasteiger partial charge in [0.05, 0.1) is 0 Å². The molecule has 0 bridgehead atoms. The lowest BCUT2D eigenvalue weighted by atomic mass is 9.90. The van der Waals surface area contributed by atoms with Crippen molar-refractivity contribution in [1.82, 2.24) is 5.32 Å². The minimum Gasteiger partial charge on any atom is -0.310 e. The Labute approximate surface area is 94.6 Å². The van der Waals surface area contributed by atoms with E-state index >= 15 is 0 Å². The van der Waals surface area contributed by atoms with Gasteiger partial charge in [0.25, 0.3) is 0 Å². The molecule has 2 atom stereocenters. The van der Waals surface area contributed by atoms with E-state index in [-0.39, 0.29) is 11.9 Å². The minimum atomic E-state index is -0.213. The Kier molecular flexibility index (Phi) is 3.27. The molecule has 1 aromatic rings. The molecular formula is C12H15ClFN. The van der Waals surface area contributed by atoms with Gasteiger partial charge in [-0.1, -0.05) is 18.5 Å². The number of hydrogen-bond donors (Lipinski definition) is 1. The fourth-order valence-electron chi connectivity index (χ4n) is 2.13. The average Bonchev–Trinajstić information content (AvgIpc) is 2.22. The van der Waals surface area contributed by atoms with E-state index < -0.39 is 0 Å². The fraction of sp³-hybridized carbons (Fsp3) is 0.500. The summed E-state index contributed by atoms with van der Waals surface area (Å²) in [6.45, 7) is 3.21. The minimum absolute atomic E-state index is 0.206. The molecule has 0 saturated carbocycles. The van der Waals surface area contributed by atoms with Crippen molar-refractivity contribution >= 4 is 11.6 Å². The van der Waals surface area contributed by atoms with Crippen LogP contribution in [0.25, 0.3) is 0 Å². The Morgan fingerprint density at radius 2 is 2.27 bits per heavy atom. The van der Waals surface area contributed by atoms with Crippen LogP contribution in [0.5, 0.6) is 0 Å². The molecule has 0 radical (unpaired) electrons. The first kappa shape index (κ1) is 10.9. The highest BCUT2D eigenvalue weighted by Gasteiger charge is 2.21. The molecule has 0 spiro atoms. The predicted molar refractivity (Wildman–Crippen MR) is 60.6 cm³/mol. The van der Waals surface area contributed by atoms with E-state index in [0.29, 0.717) is 10.9 Å². The second-order valence-electron chi connectivity index (χ2n) is 4.30. The highest BCUT2D eigenvalue weighted by Crippen LogP contribution is 2.31. The summed E-state index contributed by atoms with van der Waals surface area (Å²) in [5.41, 5.74) is 0.892. The molecule has 1 aromatic carbocycles. The van der Waals surface area contributed by atoms with Gasteiger partial charge in [-0.3, -0.25) is 0 Å². The Morgan fingerprint density at radius 1 is 1.47 bits per heavy atom. The van der Waals surface area contributed by atoms with Crippen LogP contribution in [0.2, 0.25) is 5.02 Å². The third kappa shape index (κ3) is 2.50. The van der Waals surface area contributed by atoms with Gasteiger partial charge in [0.15, 0.2) is 0 Å². The maximum absolute atomic E-state index is 13.1. The molecule has 0 aliphatic carbocycles. The largest absolute Gasteiger partial charge is 0.310 e. The van der Waals surface area contributed by atoms with Crippen LogP contribution in [0.15, 0.2) is 18.2 Å². The highest BCUT2D eigenvalue weighted by atomic mass is 35.5. The van der Waals surface area contributed by atoms with E-state index in [1.165, 1.54) is 18.6 Å². The predicted octanol–water partition coefficient (Wildman–Crippen LogP) is 3.54. The Morgan fingerprint density at radius 3 is 3.00 bits per heavy atom. The number of nitrogens with one attached hydrogen (secondary N) is 1. The maximum Gasteiger partial charge on any atom is 0.123 e. The smallest absolute Gasteiger partial charge is 0.123 e. The van der Waals surface area contributed by atoms with Crippen LogP contribution < -0.4 is 5.32 Å². The molecule has 1 fully saturated rings. The summed E-state index contributed by atoms with van der Waals surface area (Å²) in [5, 5.41) is 4.04. The molecule has 15 heavy (non-hydrogen) atoms. The van der Waals surface area contributed by atoms with Crippen molar-refractivity contribution < 1.29 is 4.39 Å². The van der Waals surface area contributed by atoms with Crippen molar-refractivity contribution in [2.75, 3.05) is 6.54 Å². The second-order valence-corrected chi connectivity index (χ2v) is 4.71. The van der Waals surface area contributed by atoms with Gasteiger partial charge in [-0.15, -0.1) is 0 Å². The molecule has 82 valence electrons. The van der Waals surface area contributed by atoms with E-state index in [9.17, 15) is 4.39 Å². The number of piperidine rings is 1. The van der Waals surface area contributed by atoms with Gasteiger partial charge < -0.3 is 5.32 Å². The van der Waals surface area contributed by atoms with E-state index in [1.807, 2.05) is 0 Å². The zero-order chi connectivity index (χ0) is 10.8. The average molecular weight is 228 g/mol. The summed E-state index contributed by atoms with van der Waals surface area (Å²) in [7, 11) is 0. The monoisotopic (exact) mass is 227 g/mol. The zero-order valence-corrected chi connectivity index (χ0v) is 9.52.